The lowest BCUT2D eigenvalue weighted by Crippen LogP contribution is -2.59. The average molecular weight is 1260 g/mol. The maximum absolute atomic E-state index is 14.9. The minimum atomic E-state index is -1.56. The topological polar surface area (TPSA) is 481 Å². The number of carbonyl (C=O) groups excluding carboxylic acids is 12. The number of aliphatic carboxylic acids is 1. The van der Waals surface area contributed by atoms with Crippen LogP contribution in [0.5, 0.6) is 0 Å². The van der Waals surface area contributed by atoms with Gasteiger partial charge in [0.1, 0.15) is 42.3 Å². The van der Waals surface area contributed by atoms with E-state index >= 15 is 0 Å². The molecule has 1 unspecified atom stereocenters. The number of carbonyl (C=O) groups is 13. The van der Waals surface area contributed by atoms with Gasteiger partial charge in [0.2, 0.25) is 70.9 Å². The summed E-state index contributed by atoms with van der Waals surface area (Å²) >= 11 is 4.06. The first-order valence-electron chi connectivity index (χ1n) is 28.5. The number of guanidine groups is 1. The summed E-state index contributed by atoms with van der Waals surface area (Å²) in [6, 6.07) is 10.2. The van der Waals surface area contributed by atoms with Crippen LogP contribution >= 0.6 is 12.6 Å². The number of nitrogens with two attached hydrogens (primary N) is 3. The number of thiol groups is 1. The van der Waals surface area contributed by atoms with Gasteiger partial charge >= 0.3 is 5.97 Å². The van der Waals surface area contributed by atoms with Gasteiger partial charge in [0.05, 0.1) is 26.2 Å². The van der Waals surface area contributed by atoms with Crippen LogP contribution in [0.2, 0.25) is 0 Å². The summed E-state index contributed by atoms with van der Waals surface area (Å²) in [6.07, 6.45) is 0.537. The molecule has 30 nitrogen and oxygen atoms in total. The standard InChI is InChI=1S/C58H80N16O14S/c1-6-37(50(81)64-29-48(80)74-49(56(87)88)58(3,4)5)69-45(77)26-66-52(83)40(20-21-44(59)76)72-55(86)42(24-34-25-63-38-18-10-9-17-36(34)38)73-54(85)41(23-33-15-11-14-32-13-7-8-16-35(32)33)71-47(79)28-65-51(82)39(19-12-22-62-57(60)61)70-46(78)27-67-53(84)43(30-89)68-31(2)75/h7-11,13-18,25,37,39-43,49,63,89H,6,12,19-24,26-30H2,1-5H3,(H2,59,76)(H,64,81)(H,65,82)(H,66,83)(H,67,84)(H,68,75)(H,69,77)(H,70,78)(H,71,79)(H,72,86)(H,73,85)(H,74,80)(H,87,88)(H4,60,61,62)/t37-,39-,40-,41-,42-,43-,49?/m0/s1. The number of aromatic nitrogens is 1. The van der Waals surface area contributed by atoms with Gasteiger partial charge in [-0.15, -0.1) is 0 Å². The number of hydrogen-bond acceptors (Lipinski definition) is 15. The van der Waals surface area contributed by atoms with E-state index < -0.39 is 157 Å². The zero-order valence-electron chi connectivity index (χ0n) is 50.0. The van der Waals surface area contributed by atoms with Crippen molar-refractivity contribution in [2.75, 3.05) is 38.5 Å². The second-order valence-corrected chi connectivity index (χ2v) is 22.1. The average Bonchev–Trinajstić information content (AvgIpc) is 2.43. The first kappa shape index (κ1) is 71.7. The number of carboxylic acid groups (broad SMARTS) is 1. The van der Waals surface area contributed by atoms with Crippen LogP contribution in [0, 0.1) is 5.41 Å². The number of amides is 12. The molecular weight excluding hydrogens is 1180 g/mol. The number of nitrogens with one attached hydrogen (secondary N) is 12. The maximum Gasteiger partial charge on any atom is 0.326 e. The van der Waals surface area contributed by atoms with E-state index in [9.17, 15) is 67.4 Å². The number of primary amides is 1. The van der Waals surface area contributed by atoms with Crippen LogP contribution in [-0.2, 0) is 75.2 Å². The van der Waals surface area contributed by atoms with Gasteiger partial charge in [0.25, 0.3) is 0 Å². The molecule has 0 saturated carbocycles. The molecular formula is C58H80N16O14S. The Balaban J connectivity index is 1.58. The predicted octanol–water partition coefficient (Wildman–Crippen LogP) is -3.23. The van der Waals surface area contributed by atoms with Gasteiger partial charge in [0, 0.05) is 55.6 Å². The van der Waals surface area contributed by atoms with Gasteiger partial charge in [0.15, 0.2) is 5.96 Å². The Labute approximate surface area is 518 Å². The van der Waals surface area contributed by atoms with Crippen molar-refractivity contribution in [2.24, 2.45) is 27.6 Å². The van der Waals surface area contributed by atoms with Gasteiger partial charge in [-0.05, 0) is 59.1 Å². The molecule has 0 saturated heterocycles. The van der Waals surface area contributed by atoms with Crippen molar-refractivity contribution in [1.82, 2.24) is 63.5 Å². The number of rotatable bonds is 35. The van der Waals surface area contributed by atoms with E-state index in [0.717, 1.165) is 5.39 Å². The molecule has 1 aromatic heterocycles. The molecule has 0 fully saturated rings. The molecule has 89 heavy (non-hydrogen) atoms. The van der Waals surface area contributed by atoms with Crippen molar-refractivity contribution in [3.63, 3.8) is 0 Å². The zero-order chi connectivity index (χ0) is 66.0. The summed E-state index contributed by atoms with van der Waals surface area (Å²) in [4.78, 5) is 178. The molecule has 0 bridgehead atoms. The second-order valence-electron chi connectivity index (χ2n) is 21.8. The number of hydrogen-bond donors (Lipinski definition) is 17. The number of benzene rings is 3. The summed E-state index contributed by atoms with van der Waals surface area (Å²) in [5.74, 6) is -11.5. The highest BCUT2D eigenvalue weighted by molar-refractivity contribution is 7.80. The quantitative estimate of drug-likeness (QED) is 0.00932. The first-order chi connectivity index (χ1) is 42.1. The molecule has 0 spiro atoms. The molecule has 19 N–H and O–H groups in total. The van der Waals surface area contributed by atoms with Crippen LogP contribution in [0.25, 0.3) is 21.7 Å². The molecule has 0 aliphatic heterocycles. The number of H-pyrrole nitrogens is 1. The van der Waals surface area contributed by atoms with Gasteiger partial charge in [-0.25, -0.2) is 4.79 Å². The Morgan fingerprint density at radius 1 is 0.551 bits per heavy atom. The Morgan fingerprint density at radius 3 is 1.56 bits per heavy atom. The molecule has 0 aliphatic rings. The number of nitrogens with zero attached hydrogens (tertiary/aromatic N) is 1. The van der Waals surface area contributed by atoms with Crippen LogP contribution in [0.15, 0.2) is 77.9 Å². The lowest BCUT2D eigenvalue weighted by Gasteiger charge is -2.27. The first-order valence-corrected chi connectivity index (χ1v) is 29.1. The van der Waals surface area contributed by atoms with E-state index in [4.69, 9.17) is 17.2 Å². The van der Waals surface area contributed by atoms with Crippen molar-refractivity contribution in [3.05, 3.63) is 84.1 Å². The molecule has 31 heteroatoms. The lowest BCUT2D eigenvalue weighted by atomic mass is 9.87. The van der Waals surface area contributed by atoms with Gasteiger partial charge < -0.3 is 85.8 Å². The highest BCUT2D eigenvalue weighted by Gasteiger charge is 2.35. The molecule has 0 aliphatic carbocycles. The Bertz CT molecular complexity index is 3250. The minimum absolute atomic E-state index is 0.0226. The van der Waals surface area contributed by atoms with Crippen molar-refractivity contribution < 1.29 is 67.4 Å². The van der Waals surface area contributed by atoms with Crippen molar-refractivity contribution in [1.29, 1.82) is 0 Å². The maximum atomic E-state index is 14.9. The summed E-state index contributed by atoms with van der Waals surface area (Å²) < 4.78 is 0. The fourth-order valence-electron chi connectivity index (χ4n) is 9.05. The summed E-state index contributed by atoms with van der Waals surface area (Å²) in [6.45, 7) is 4.90. The molecule has 4 aromatic rings. The Morgan fingerprint density at radius 2 is 1.02 bits per heavy atom. The molecule has 0 radical (unpaired) electrons. The monoisotopic (exact) mass is 1260 g/mol. The van der Waals surface area contributed by atoms with Crippen LogP contribution in [0.4, 0.5) is 0 Å². The highest BCUT2D eigenvalue weighted by Crippen LogP contribution is 2.22. The molecule has 1 heterocycles. The summed E-state index contributed by atoms with van der Waals surface area (Å²) in [7, 11) is 0. The molecule has 12 amide bonds. The van der Waals surface area contributed by atoms with Crippen LogP contribution in [-0.4, -0.2) is 174 Å². The highest BCUT2D eigenvalue weighted by atomic mass is 32.1. The molecule has 3 aromatic carbocycles. The van der Waals surface area contributed by atoms with E-state index in [1.54, 1.807) is 76.4 Å². The van der Waals surface area contributed by atoms with Crippen molar-refractivity contribution in [2.45, 2.75) is 122 Å². The van der Waals surface area contributed by atoms with E-state index in [0.29, 0.717) is 27.4 Å². The number of carboxylic acids is 1. The number of para-hydroxylation sites is 1. The number of aliphatic imine (C=N–C) groups is 1. The fourth-order valence-corrected chi connectivity index (χ4v) is 9.31. The minimum Gasteiger partial charge on any atom is -0.480 e. The second kappa shape index (κ2) is 35.1. The lowest BCUT2D eigenvalue weighted by molar-refractivity contribution is -0.145. The van der Waals surface area contributed by atoms with Gasteiger partial charge in [-0.2, -0.15) is 12.6 Å². The van der Waals surface area contributed by atoms with Gasteiger partial charge in [-0.3, -0.25) is 62.5 Å². The third kappa shape index (κ3) is 24.1. The fraction of sp³-hybridized carbons (Fsp3) is 0.448. The zero-order valence-corrected chi connectivity index (χ0v) is 50.9. The smallest absolute Gasteiger partial charge is 0.326 e. The summed E-state index contributed by atoms with van der Waals surface area (Å²) in [5.41, 5.74) is 17.3. The molecule has 7 atom stereocenters. The van der Waals surface area contributed by atoms with E-state index in [2.05, 4.69) is 81.1 Å². The Kier molecular flexibility index (Phi) is 28.3. The van der Waals surface area contributed by atoms with Crippen molar-refractivity contribution in [3.8, 4) is 0 Å². The number of fused-ring (bicyclic) bond motifs is 2. The van der Waals surface area contributed by atoms with E-state index in [1.807, 2.05) is 24.3 Å². The van der Waals surface area contributed by atoms with E-state index in [1.165, 1.54) is 6.92 Å². The molecule has 4 rings (SSSR count). The van der Waals surface area contributed by atoms with Crippen molar-refractivity contribution >= 4 is 117 Å². The van der Waals surface area contributed by atoms with Crippen LogP contribution < -0.4 is 75.7 Å². The van der Waals surface area contributed by atoms with Gasteiger partial charge in [-0.1, -0.05) is 88.4 Å². The number of aromatic amines is 1. The third-order valence-electron chi connectivity index (χ3n) is 13.6. The molecule has 482 valence electrons. The SMILES string of the molecule is CC[C@H](NC(=O)CNC(=O)[C@H](CCC(N)=O)NC(=O)[C@H](Cc1c[nH]c2ccccc12)NC(=O)[C@H](Cc1cccc2ccccc12)NC(=O)CNC(=O)[C@H](CCCN=C(N)N)NC(=O)CNC(=O)[C@H](CS)NC(C)=O)C(=O)NCC(=O)NC(C(=O)O)C(C)(C)C. The summed E-state index contributed by atoms with van der Waals surface area (Å²) in [5, 5.41) is 39.0. The largest absolute Gasteiger partial charge is 0.480 e. The third-order valence-corrected chi connectivity index (χ3v) is 14.0. The van der Waals surface area contributed by atoms with Crippen LogP contribution in [0.1, 0.15) is 77.8 Å². The predicted molar refractivity (Wildman–Crippen MR) is 330 cm³/mol. The van der Waals surface area contributed by atoms with Crippen LogP contribution in [0.3, 0.4) is 0 Å². The Hall–Kier alpha value is -9.81. The normalized spacial score (nSPS) is 13.4. The van der Waals surface area contributed by atoms with E-state index in [-0.39, 0.29) is 56.8 Å².